The highest BCUT2D eigenvalue weighted by molar-refractivity contribution is 5.86. The summed E-state index contributed by atoms with van der Waals surface area (Å²) in [6.45, 7) is 1.91. The van der Waals surface area contributed by atoms with Gasteiger partial charge in [0.25, 0.3) is 0 Å². The molecular weight excluding hydrogens is 415 g/mol. The third-order valence-corrected chi connectivity index (χ3v) is 6.07. The van der Waals surface area contributed by atoms with Gasteiger partial charge in [-0.25, -0.2) is 19.3 Å². The van der Waals surface area contributed by atoms with E-state index in [0.717, 1.165) is 50.5 Å². The molecule has 6 rings (SSSR count). The number of aromatic amines is 1. The normalized spacial score (nSPS) is 13.6. The number of aromatic nitrogens is 6. The Labute approximate surface area is 190 Å². The molecule has 0 atom stereocenters. The van der Waals surface area contributed by atoms with Crippen LogP contribution in [0, 0.1) is 12.7 Å². The standard InChI is InChI=1S/C26H23FN6/c1-16-10-17(12-20(27)11-16)2-7-24-30-25(18-3-6-22-19(13-18)14-28-15-29-22)26(31-24)23-8-9-33(32-23)21-4-5-21/h3,6,8-15,21H,2,4-5,7H2,1H3,(H,30,31). The van der Waals surface area contributed by atoms with Crippen LogP contribution in [0.15, 0.2) is 61.2 Å². The lowest BCUT2D eigenvalue weighted by atomic mass is 10.1. The van der Waals surface area contributed by atoms with Crippen molar-refractivity contribution in [1.29, 1.82) is 0 Å². The minimum absolute atomic E-state index is 0.199. The lowest BCUT2D eigenvalue weighted by molar-refractivity contribution is 0.623. The first kappa shape index (κ1) is 19.8. The summed E-state index contributed by atoms with van der Waals surface area (Å²) in [5.74, 6) is 0.655. The summed E-state index contributed by atoms with van der Waals surface area (Å²) in [6, 6.07) is 13.8. The molecule has 3 heterocycles. The van der Waals surface area contributed by atoms with Gasteiger partial charge in [0, 0.05) is 29.8 Å². The molecule has 3 aromatic heterocycles. The quantitative estimate of drug-likeness (QED) is 0.383. The molecule has 5 aromatic rings. The minimum atomic E-state index is -0.199. The second kappa shape index (κ2) is 7.92. The van der Waals surface area contributed by atoms with Crippen LogP contribution in [0.3, 0.4) is 0 Å². The lowest BCUT2D eigenvalue weighted by Gasteiger charge is -2.03. The SMILES string of the molecule is Cc1cc(F)cc(CCc2nc(-c3ccc4ncncc4c3)c(-c3ccn(C4CC4)n3)[nH]2)c1. The molecule has 0 spiro atoms. The summed E-state index contributed by atoms with van der Waals surface area (Å²) in [4.78, 5) is 16.9. The fraction of sp³-hybridized carbons (Fsp3) is 0.231. The molecule has 7 heteroatoms. The molecule has 1 saturated carbocycles. The van der Waals surface area contributed by atoms with E-state index in [0.29, 0.717) is 18.9 Å². The molecule has 0 aliphatic heterocycles. The second-order valence-corrected chi connectivity index (χ2v) is 8.75. The van der Waals surface area contributed by atoms with Gasteiger partial charge in [-0.2, -0.15) is 5.10 Å². The summed E-state index contributed by atoms with van der Waals surface area (Å²) >= 11 is 0. The maximum Gasteiger partial charge on any atom is 0.123 e. The Kier molecular flexibility index (Phi) is 4.75. The molecule has 0 bridgehead atoms. The van der Waals surface area contributed by atoms with E-state index in [-0.39, 0.29) is 5.82 Å². The van der Waals surface area contributed by atoms with E-state index < -0.39 is 0 Å². The van der Waals surface area contributed by atoms with Crippen molar-refractivity contribution in [2.24, 2.45) is 0 Å². The number of rotatable bonds is 6. The zero-order valence-corrected chi connectivity index (χ0v) is 18.3. The average Bonchev–Trinajstić information content (AvgIpc) is 3.38. The third-order valence-electron chi connectivity index (χ3n) is 6.07. The number of fused-ring (bicyclic) bond motifs is 1. The predicted octanol–water partition coefficient (Wildman–Crippen LogP) is 5.45. The van der Waals surface area contributed by atoms with Crippen LogP contribution < -0.4 is 0 Å². The van der Waals surface area contributed by atoms with Crippen LogP contribution in [0.25, 0.3) is 33.5 Å². The molecule has 1 N–H and O–H groups in total. The van der Waals surface area contributed by atoms with Crippen molar-refractivity contribution < 1.29 is 4.39 Å². The molecule has 1 aliphatic carbocycles. The first-order valence-electron chi connectivity index (χ1n) is 11.2. The van der Waals surface area contributed by atoms with Crippen molar-refractivity contribution in [3.8, 4) is 22.6 Å². The molecule has 0 radical (unpaired) electrons. The molecule has 1 fully saturated rings. The Morgan fingerprint density at radius 2 is 2.00 bits per heavy atom. The fourth-order valence-electron chi connectivity index (χ4n) is 4.30. The van der Waals surface area contributed by atoms with Gasteiger partial charge in [-0.05, 0) is 67.6 Å². The number of hydrogen-bond acceptors (Lipinski definition) is 4. The fourth-order valence-corrected chi connectivity index (χ4v) is 4.30. The topological polar surface area (TPSA) is 72.3 Å². The Morgan fingerprint density at radius 3 is 2.85 bits per heavy atom. The van der Waals surface area contributed by atoms with E-state index in [1.165, 1.54) is 12.8 Å². The zero-order chi connectivity index (χ0) is 22.4. The molecule has 6 nitrogen and oxygen atoms in total. The van der Waals surface area contributed by atoms with Crippen LogP contribution in [-0.2, 0) is 12.8 Å². The van der Waals surface area contributed by atoms with Gasteiger partial charge < -0.3 is 4.98 Å². The highest BCUT2D eigenvalue weighted by atomic mass is 19.1. The Morgan fingerprint density at radius 1 is 1.09 bits per heavy atom. The number of hydrogen-bond donors (Lipinski definition) is 1. The molecule has 2 aromatic carbocycles. The highest BCUT2D eigenvalue weighted by Crippen LogP contribution is 2.36. The van der Waals surface area contributed by atoms with Crippen molar-refractivity contribution in [2.75, 3.05) is 0 Å². The monoisotopic (exact) mass is 438 g/mol. The van der Waals surface area contributed by atoms with E-state index >= 15 is 0 Å². The van der Waals surface area contributed by atoms with Gasteiger partial charge in [0.1, 0.15) is 23.7 Å². The number of nitrogens with zero attached hydrogens (tertiary/aromatic N) is 5. The van der Waals surface area contributed by atoms with Crippen molar-refractivity contribution in [2.45, 2.75) is 38.6 Å². The highest BCUT2D eigenvalue weighted by Gasteiger charge is 2.25. The van der Waals surface area contributed by atoms with Crippen LogP contribution in [0.1, 0.15) is 35.8 Å². The number of benzene rings is 2. The molecule has 0 amide bonds. The van der Waals surface area contributed by atoms with Crippen molar-refractivity contribution in [3.05, 3.63) is 84.0 Å². The van der Waals surface area contributed by atoms with Gasteiger partial charge in [0.05, 0.1) is 22.9 Å². The van der Waals surface area contributed by atoms with E-state index in [1.807, 2.05) is 48.3 Å². The van der Waals surface area contributed by atoms with Crippen LogP contribution in [0.2, 0.25) is 0 Å². The van der Waals surface area contributed by atoms with Gasteiger partial charge in [-0.15, -0.1) is 0 Å². The zero-order valence-electron chi connectivity index (χ0n) is 18.3. The number of aryl methyl sites for hydroxylation is 3. The Balaban J connectivity index is 1.38. The second-order valence-electron chi connectivity index (χ2n) is 8.75. The molecule has 0 saturated heterocycles. The van der Waals surface area contributed by atoms with Crippen molar-refractivity contribution in [3.63, 3.8) is 0 Å². The van der Waals surface area contributed by atoms with Crippen molar-refractivity contribution in [1.82, 2.24) is 29.7 Å². The smallest absolute Gasteiger partial charge is 0.123 e. The average molecular weight is 439 g/mol. The molecule has 164 valence electrons. The van der Waals surface area contributed by atoms with Crippen LogP contribution in [-0.4, -0.2) is 29.7 Å². The molecule has 1 aliphatic rings. The van der Waals surface area contributed by atoms with Crippen molar-refractivity contribution >= 4 is 10.9 Å². The largest absolute Gasteiger partial charge is 0.340 e. The van der Waals surface area contributed by atoms with Crippen LogP contribution >= 0.6 is 0 Å². The van der Waals surface area contributed by atoms with E-state index in [2.05, 4.69) is 21.0 Å². The Hall–Kier alpha value is -3.87. The first-order chi connectivity index (χ1) is 16.1. The first-order valence-corrected chi connectivity index (χ1v) is 11.2. The van der Waals surface area contributed by atoms with E-state index in [4.69, 9.17) is 10.1 Å². The van der Waals surface area contributed by atoms with Crippen LogP contribution in [0.5, 0.6) is 0 Å². The summed E-state index contributed by atoms with van der Waals surface area (Å²) in [7, 11) is 0. The summed E-state index contributed by atoms with van der Waals surface area (Å²) in [5.41, 5.74) is 6.40. The molecule has 0 unspecified atom stereocenters. The van der Waals surface area contributed by atoms with Gasteiger partial charge in [-0.1, -0.05) is 12.1 Å². The number of nitrogens with one attached hydrogen (secondary N) is 1. The summed E-state index contributed by atoms with van der Waals surface area (Å²) < 4.78 is 15.9. The van der Waals surface area contributed by atoms with Gasteiger partial charge >= 0.3 is 0 Å². The third kappa shape index (κ3) is 4.02. The minimum Gasteiger partial charge on any atom is -0.340 e. The number of H-pyrrole nitrogens is 1. The van der Waals surface area contributed by atoms with Gasteiger partial charge in [0.2, 0.25) is 0 Å². The van der Waals surface area contributed by atoms with E-state index in [1.54, 1.807) is 18.5 Å². The van der Waals surface area contributed by atoms with E-state index in [9.17, 15) is 4.39 Å². The summed E-state index contributed by atoms with van der Waals surface area (Å²) in [6.07, 6.45) is 9.15. The predicted molar refractivity (Wildman–Crippen MR) is 125 cm³/mol. The number of halogens is 1. The number of imidazole rings is 1. The Bertz CT molecular complexity index is 1440. The molecule has 33 heavy (non-hydrogen) atoms. The van der Waals surface area contributed by atoms with Gasteiger partial charge in [-0.3, -0.25) is 4.68 Å². The maximum absolute atomic E-state index is 13.8. The molecular formula is C26H23FN6. The maximum atomic E-state index is 13.8. The van der Waals surface area contributed by atoms with Gasteiger partial charge in [0.15, 0.2) is 0 Å². The van der Waals surface area contributed by atoms with Crippen LogP contribution in [0.4, 0.5) is 4.39 Å². The summed E-state index contributed by atoms with van der Waals surface area (Å²) in [5, 5.41) is 5.78. The lowest BCUT2D eigenvalue weighted by Crippen LogP contribution is -1.96.